The van der Waals surface area contributed by atoms with Crippen LogP contribution in [0, 0.1) is 0 Å². The van der Waals surface area contributed by atoms with Gasteiger partial charge in [0, 0.05) is 18.5 Å². The highest BCUT2D eigenvalue weighted by molar-refractivity contribution is 7.08. The summed E-state index contributed by atoms with van der Waals surface area (Å²) >= 11 is 1.61. The SMILES string of the molecule is OCCNc1nc(NCc2ccc3c(c2)OCO3)nc2c1ncn2-c1ccsc1. The number of rotatable bonds is 7. The van der Waals surface area contributed by atoms with Crippen LogP contribution in [0.3, 0.4) is 0 Å². The summed E-state index contributed by atoms with van der Waals surface area (Å²) in [4.78, 5) is 13.7. The number of thiophene rings is 1. The minimum Gasteiger partial charge on any atom is -0.454 e. The van der Waals surface area contributed by atoms with E-state index in [-0.39, 0.29) is 13.4 Å². The Hall–Kier alpha value is -3.37. The Morgan fingerprint density at radius 3 is 2.93 bits per heavy atom. The molecule has 0 fully saturated rings. The molecule has 1 aliphatic heterocycles. The number of aliphatic hydroxyl groups is 1. The molecule has 0 spiro atoms. The zero-order valence-corrected chi connectivity index (χ0v) is 16.1. The lowest BCUT2D eigenvalue weighted by Crippen LogP contribution is -2.11. The first-order chi connectivity index (χ1) is 14.3. The van der Waals surface area contributed by atoms with Crippen molar-refractivity contribution in [2.45, 2.75) is 6.54 Å². The quantitative estimate of drug-likeness (QED) is 0.427. The van der Waals surface area contributed by atoms with Gasteiger partial charge in [-0.2, -0.15) is 21.3 Å². The van der Waals surface area contributed by atoms with Crippen molar-refractivity contribution in [3.8, 4) is 17.2 Å². The average Bonchev–Trinajstić information content (AvgIpc) is 3.49. The smallest absolute Gasteiger partial charge is 0.231 e. The number of aromatic nitrogens is 4. The van der Waals surface area contributed by atoms with E-state index in [1.54, 1.807) is 17.7 Å². The number of benzene rings is 1. The Balaban J connectivity index is 1.46. The molecule has 1 aromatic carbocycles. The van der Waals surface area contributed by atoms with Gasteiger partial charge in [0.05, 0.1) is 12.3 Å². The van der Waals surface area contributed by atoms with E-state index in [1.165, 1.54) is 0 Å². The van der Waals surface area contributed by atoms with Crippen molar-refractivity contribution in [2.75, 3.05) is 30.6 Å². The second-order valence-electron chi connectivity index (χ2n) is 6.36. The Labute approximate surface area is 170 Å². The molecule has 0 bridgehead atoms. The molecule has 3 aromatic heterocycles. The number of hydrogen-bond acceptors (Lipinski definition) is 9. The van der Waals surface area contributed by atoms with Gasteiger partial charge in [-0.25, -0.2) is 4.98 Å². The Kier molecular flexibility index (Phi) is 4.62. The maximum Gasteiger partial charge on any atom is 0.231 e. The predicted molar refractivity (Wildman–Crippen MR) is 110 cm³/mol. The van der Waals surface area contributed by atoms with Gasteiger partial charge in [-0.1, -0.05) is 6.07 Å². The lowest BCUT2D eigenvalue weighted by Gasteiger charge is -2.10. The van der Waals surface area contributed by atoms with Gasteiger partial charge >= 0.3 is 0 Å². The van der Waals surface area contributed by atoms with Crippen LogP contribution in [0.4, 0.5) is 11.8 Å². The molecule has 5 rings (SSSR count). The molecule has 148 valence electrons. The molecule has 0 amide bonds. The number of nitrogens with zero attached hydrogens (tertiary/aromatic N) is 4. The molecular formula is C19H18N6O3S. The minimum absolute atomic E-state index is 0.00328. The molecule has 29 heavy (non-hydrogen) atoms. The molecule has 9 nitrogen and oxygen atoms in total. The van der Waals surface area contributed by atoms with Gasteiger partial charge in [0.2, 0.25) is 12.7 Å². The largest absolute Gasteiger partial charge is 0.454 e. The van der Waals surface area contributed by atoms with E-state index in [2.05, 4.69) is 25.6 Å². The van der Waals surface area contributed by atoms with Crippen molar-refractivity contribution in [1.82, 2.24) is 19.5 Å². The minimum atomic E-state index is -0.00328. The van der Waals surface area contributed by atoms with Crippen molar-refractivity contribution >= 4 is 34.3 Å². The van der Waals surface area contributed by atoms with E-state index in [4.69, 9.17) is 9.47 Å². The maximum absolute atomic E-state index is 9.19. The van der Waals surface area contributed by atoms with E-state index in [1.807, 2.05) is 39.6 Å². The van der Waals surface area contributed by atoms with E-state index in [0.717, 1.165) is 22.7 Å². The van der Waals surface area contributed by atoms with Gasteiger partial charge in [-0.15, -0.1) is 0 Å². The van der Waals surface area contributed by atoms with Gasteiger partial charge in [-0.3, -0.25) is 4.57 Å². The molecule has 0 aliphatic carbocycles. The number of aliphatic hydroxyl groups excluding tert-OH is 1. The lowest BCUT2D eigenvalue weighted by molar-refractivity contribution is 0.174. The van der Waals surface area contributed by atoms with Crippen LogP contribution in [-0.2, 0) is 6.54 Å². The molecule has 1 aliphatic rings. The molecule has 4 heterocycles. The zero-order chi connectivity index (χ0) is 19.6. The standard InChI is InChI=1S/C19H18N6O3S/c26-5-4-20-17-16-18(25(10-22-16)13-3-6-29-9-13)24-19(23-17)21-8-12-1-2-14-15(7-12)28-11-27-14/h1-3,6-7,9-10,26H,4-5,8,11H2,(H2,20,21,23,24). The third-order valence-electron chi connectivity index (χ3n) is 4.47. The fourth-order valence-electron chi connectivity index (χ4n) is 3.09. The second kappa shape index (κ2) is 7.57. The molecule has 0 unspecified atom stereocenters. The second-order valence-corrected chi connectivity index (χ2v) is 7.14. The lowest BCUT2D eigenvalue weighted by atomic mass is 10.2. The topological polar surface area (TPSA) is 106 Å². The van der Waals surface area contributed by atoms with E-state index in [9.17, 15) is 5.11 Å². The summed E-state index contributed by atoms with van der Waals surface area (Å²) in [6.07, 6.45) is 1.73. The predicted octanol–water partition coefficient (Wildman–Crippen LogP) is 2.62. The van der Waals surface area contributed by atoms with E-state index < -0.39 is 0 Å². The molecule has 0 radical (unpaired) electrons. The Bertz CT molecular complexity index is 1140. The molecule has 0 saturated carbocycles. The van der Waals surface area contributed by atoms with Gasteiger partial charge in [0.25, 0.3) is 0 Å². The highest BCUT2D eigenvalue weighted by Crippen LogP contribution is 2.32. The molecular weight excluding hydrogens is 392 g/mol. The average molecular weight is 410 g/mol. The van der Waals surface area contributed by atoms with Crippen LogP contribution in [0.1, 0.15) is 5.56 Å². The molecule has 4 aromatic rings. The van der Waals surface area contributed by atoms with Crippen molar-refractivity contribution in [3.63, 3.8) is 0 Å². The van der Waals surface area contributed by atoms with E-state index in [0.29, 0.717) is 36.0 Å². The first-order valence-corrected chi connectivity index (χ1v) is 10.0. The summed E-state index contributed by atoms with van der Waals surface area (Å²) in [7, 11) is 0. The number of nitrogens with one attached hydrogen (secondary N) is 2. The summed E-state index contributed by atoms with van der Waals surface area (Å²) in [6, 6.07) is 7.81. The third kappa shape index (κ3) is 3.43. The van der Waals surface area contributed by atoms with Crippen molar-refractivity contribution < 1.29 is 14.6 Å². The number of hydrogen-bond donors (Lipinski definition) is 3. The number of ether oxygens (including phenoxy) is 2. The molecule has 0 atom stereocenters. The summed E-state index contributed by atoms with van der Waals surface area (Å²) in [5.74, 6) is 2.53. The highest BCUT2D eigenvalue weighted by Gasteiger charge is 2.16. The first-order valence-electron chi connectivity index (χ1n) is 9.06. The van der Waals surface area contributed by atoms with Gasteiger partial charge in [0.1, 0.15) is 6.33 Å². The number of anilines is 2. The first kappa shape index (κ1) is 17.7. The van der Waals surface area contributed by atoms with Crippen LogP contribution in [0.25, 0.3) is 16.9 Å². The Morgan fingerprint density at radius 2 is 2.07 bits per heavy atom. The van der Waals surface area contributed by atoms with Crippen molar-refractivity contribution in [2.24, 2.45) is 0 Å². The third-order valence-corrected chi connectivity index (χ3v) is 5.14. The van der Waals surface area contributed by atoms with Crippen LogP contribution in [-0.4, -0.2) is 44.6 Å². The fourth-order valence-corrected chi connectivity index (χ4v) is 3.72. The van der Waals surface area contributed by atoms with Crippen LogP contribution >= 0.6 is 11.3 Å². The van der Waals surface area contributed by atoms with Crippen LogP contribution in [0.15, 0.2) is 41.4 Å². The normalized spacial score (nSPS) is 12.4. The van der Waals surface area contributed by atoms with Crippen LogP contribution in [0.2, 0.25) is 0 Å². The maximum atomic E-state index is 9.19. The van der Waals surface area contributed by atoms with E-state index >= 15 is 0 Å². The number of fused-ring (bicyclic) bond motifs is 2. The highest BCUT2D eigenvalue weighted by atomic mass is 32.1. The van der Waals surface area contributed by atoms with Crippen LogP contribution in [0.5, 0.6) is 11.5 Å². The molecule has 0 saturated heterocycles. The molecule has 3 N–H and O–H groups in total. The Morgan fingerprint density at radius 1 is 1.14 bits per heavy atom. The summed E-state index contributed by atoms with van der Waals surface area (Å²) in [5, 5.41) is 19.6. The monoisotopic (exact) mass is 410 g/mol. The van der Waals surface area contributed by atoms with Gasteiger partial charge < -0.3 is 25.2 Å². The number of imidazole rings is 1. The summed E-state index contributed by atoms with van der Waals surface area (Å²) in [6.45, 7) is 1.14. The summed E-state index contributed by atoms with van der Waals surface area (Å²) in [5.41, 5.74) is 3.35. The molecule has 10 heteroatoms. The summed E-state index contributed by atoms with van der Waals surface area (Å²) < 4.78 is 12.7. The van der Waals surface area contributed by atoms with Gasteiger partial charge in [0.15, 0.2) is 28.5 Å². The van der Waals surface area contributed by atoms with Crippen LogP contribution < -0.4 is 20.1 Å². The van der Waals surface area contributed by atoms with Gasteiger partial charge in [-0.05, 0) is 29.1 Å². The van der Waals surface area contributed by atoms with Crippen molar-refractivity contribution in [1.29, 1.82) is 0 Å². The zero-order valence-electron chi connectivity index (χ0n) is 15.3. The van der Waals surface area contributed by atoms with Crippen molar-refractivity contribution in [3.05, 3.63) is 46.9 Å². The fraction of sp³-hybridized carbons (Fsp3) is 0.211.